The third-order valence-corrected chi connectivity index (χ3v) is 6.45. The molecule has 196 valence electrons. The molecular weight excluding hydrogens is 476 g/mol. The molecule has 8 heteroatoms. The Morgan fingerprint density at radius 3 is 2.32 bits per heavy atom. The SMILES string of the molecule is N=C(N)NCCC[C@H](NCCNC(=O)c1ccc2ccccc2c1)C(=O)NCc1cccc2ccccc12. The van der Waals surface area contributed by atoms with Crippen molar-refractivity contribution in [2.75, 3.05) is 19.6 Å². The Kier molecular flexibility index (Phi) is 9.26. The van der Waals surface area contributed by atoms with Crippen LogP contribution in [0.1, 0.15) is 28.8 Å². The van der Waals surface area contributed by atoms with Crippen molar-refractivity contribution >= 4 is 39.3 Å². The topological polar surface area (TPSA) is 132 Å². The number of hydrogen-bond acceptors (Lipinski definition) is 4. The number of carbonyl (C=O) groups excluding carboxylic acids is 2. The van der Waals surface area contributed by atoms with Crippen molar-refractivity contribution in [3.8, 4) is 0 Å². The van der Waals surface area contributed by atoms with Crippen LogP contribution >= 0.6 is 0 Å². The maximum atomic E-state index is 13.1. The number of amides is 2. The van der Waals surface area contributed by atoms with E-state index in [9.17, 15) is 9.59 Å². The molecule has 8 nitrogen and oxygen atoms in total. The van der Waals surface area contributed by atoms with E-state index in [-0.39, 0.29) is 17.8 Å². The molecule has 0 unspecified atom stereocenters. The number of nitrogens with two attached hydrogens (primary N) is 1. The highest BCUT2D eigenvalue weighted by atomic mass is 16.2. The molecule has 4 aromatic carbocycles. The maximum absolute atomic E-state index is 13.1. The highest BCUT2D eigenvalue weighted by molar-refractivity contribution is 5.98. The lowest BCUT2D eigenvalue weighted by Crippen LogP contribution is -2.46. The summed E-state index contributed by atoms with van der Waals surface area (Å²) in [5.74, 6) is -0.354. The molecule has 7 N–H and O–H groups in total. The van der Waals surface area contributed by atoms with Gasteiger partial charge in [0.1, 0.15) is 0 Å². The van der Waals surface area contributed by atoms with Crippen LogP contribution in [0.2, 0.25) is 0 Å². The molecule has 0 spiro atoms. The molecule has 38 heavy (non-hydrogen) atoms. The smallest absolute Gasteiger partial charge is 0.251 e. The lowest BCUT2D eigenvalue weighted by molar-refractivity contribution is -0.123. The number of nitrogens with one attached hydrogen (secondary N) is 5. The fourth-order valence-corrected chi connectivity index (χ4v) is 4.46. The monoisotopic (exact) mass is 510 g/mol. The van der Waals surface area contributed by atoms with Gasteiger partial charge in [0.15, 0.2) is 5.96 Å². The summed E-state index contributed by atoms with van der Waals surface area (Å²) < 4.78 is 0. The molecule has 2 amide bonds. The van der Waals surface area contributed by atoms with E-state index >= 15 is 0 Å². The van der Waals surface area contributed by atoms with Gasteiger partial charge in [-0.15, -0.1) is 0 Å². The van der Waals surface area contributed by atoms with Gasteiger partial charge in [-0.2, -0.15) is 0 Å². The number of guanidine groups is 1. The number of benzene rings is 4. The number of rotatable bonds is 12. The van der Waals surface area contributed by atoms with Crippen LogP contribution in [0.25, 0.3) is 21.5 Å². The standard InChI is InChI=1S/C30H34N6O2/c31-30(32)35-16-6-13-27(29(38)36-20-25-11-5-10-22-8-3-4-12-26(22)25)33-17-18-34-28(37)24-15-14-21-7-1-2-9-23(21)19-24/h1-5,7-12,14-15,19,27,33H,6,13,16-18,20H2,(H,34,37)(H,36,38)(H4,31,32,35)/t27-/m0/s1. The fourth-order valence-electron chi connectivity index (χ4n) is 4.46. The molecule has 4 aromatic rings. The van der Waals surface area contributed by atoms with Crippen LogP contribution in [-0.2, 0) is 11.3 Å². The summed E-state index contributed by atoms with van der Waals surface area (Å²) in [6.07, 6.45) is 1.21. The quantitative estimate of drug-likeness (QED) is 0.0989. The molecule has 0 aliphatic rings. The molecule has 0 saturated heterocycles. The van der Waals surface area contributed by atoms with Crippen LogP contribution in [0.15, 0.2) is 84.9 Å². The predicted octanol–water partition coefficient (Wildman–Crippen LogP) is 3.26. The van der Waals surface area contributed by atoms with Crippen LogP contribution in [-0.4, -0.2) is 43.5 Å². The van der Waals surface area contributed by atoms with Crippen molar-refractivity contribution in [2.24, 2.45) is 5.73 Å². The fraction of sp³-hybridized carbons (Fsp3) is 0.233. The van der Waals surface area contributed by atoms with E-state index in [1.54, 1.807) is 0 Å². The molecule has 0 fully saturated rings. The second-order valence-electron chi connectivity index (χ2n) is 9.16. The highest BCUT2D eigenvalue weighted by Gasteiger charge is 2.18. The lowest BCUT2D eigenvalue weighted by Gasteiger charge is -2.19. The Balaban J connectivity index is 1.31. The van der Waals surface area contributed by atoms with E-state index in [1.165, 1.54) is 0 Å². The van der Waals surface area contributed by atoms with Crippen LogP contribution < -0.4 is 27.0 Å². The summed E-state index contributed by atoms with van der Waals surface area (Å²) in [6.45, 7) is 1.74. The number of carbonyl (C=O) groups is 2. The van der Waals surface area contributed by atoms with Crippen LogP contribution in [0.4, 0.5) is 0 Å². The van der Waals surface area contributed by atoms with Gasteiger partial charge in [0.05, 0.1) is 6.04 Å². The Morgan fingerprint density at radius 2 is 1.50 bits per heavy atom. The van der Waals surface area contributed by atoms with Gasteiger partial charge >= 0.3 is 0 Å². The summed E-state index contributed by atoms with van der Waals surface area (Å²) in [4.78, 5) is 25.8. The maximum Gasteiger partial charge on any atom is 0.251 e. The molecule has 0 saturated carbocycles. The van der Waals surface area contributed by atoms with Crippen molar-refractivity contribution in [1.29, 1.82) is 5.41 Å². The molecule has 0 bridgehead atoms. The second kappa shape index (κ2) is 13.2. The first-order chi connectivity index (χ1) is 18.5. The normalized spacial score (nSPS) is 11.7. The lowest BCUT2D eigenvalue weighted by atomic mass is 10.0. The van der Waals surface area contributed by atoms with Crippen LogP contribution in [0.5, 0.6) is 0 Å². The first-order valence-corrected chi connectivity index (χ1v) is 12.8. The minimum atomic E-state index is -0.448. The minimum Gasteiger partial charge on any atom is -0.370 e. The zero-order chi connectivity index (χ0) is 26.7. The Labute approximate surface area is 222 Å². The summed E-state index contributed by atoms with van der Waals surface area (Å²) >= 11 is 0. The summed E-state index contributed by atoms with van der Waals surface area (Å²) in [5.41, 5.74) is 7.02. The molecule has 4 rings (SSSR count). The first kappa shape index (κ1) is 26.6. The number of hydrogen-bond donors (Lipinski definition) is 6. The van der Waals surface area contributed by atoms with Gasteiger partial charge in [-0.1, -0.05) is 72.8 Å². The predicted molar refractivity (Wildman–Crippen MR) is 153 cm³/mol. The van der Waals surface area contributed by atoms with Crippen molar-refractivity contribution in [2.45, 2.75) is 25.4 Å². The van der Waals surface area contributed by atoms with Crippen molar-refractivity contribution in [3.05, 3.63) is 96.1 Å². The highest BCUT2D eigenvalue weighted by Crippen LogP contribution is 2.18. The average molecular weight is 511 g/mol. The van der Waals surface area contributed by atoms with E-state index in [0.717, 1.165) is 27.1 Å². The van der Waals surface area contributed by atoms with Crippen molar-refractivity contribution in [1.82, 2.24) is 21.3 Å². The van der Waals surface area contributed by atoms with Crippen molar-refractivity contribution in [3.63, 3.8) is 0 Å². The van der Waals surface area contributed by atoms with Gasteiger partial charge in [-0.05, 0) is 52.1 Å². The summed E-state index contributed by atoms with van der Waals surface area (Å²) in [7, 11) is 0. The minimum absolute atomic E-state index is 0.0914. The Bertz CT molecular complexity index is 1420. The molecule has 0 heterocycles. The zero-order valence-electron chi connectivity index (χ0n) is 21.3. The summed E-state index contributed by atoms with van der Waals surface area (Å²) in [5, 5.41) is 23.7. The average Bonchev–Trinajstić information content (AvgIpc) is 2.94. The largest absolute Gasteiger partial charge is 0.370 e. The molecule has 0 aromatic heterocycles. The van der Waals surface area contributed by atoms with Gasteiger partial charge in [0.25, 0.3) is 5.91 Å². The molecular formula is C30H34N6O2. The van der Waals surface area contributed by atoms with E-state index in [2.05, 4.69) is 39.5 Å². The van der Waals surface area contributed by atoms with Gasteiger partial charge < -0.3 is 27.0 Å². The van der Waals surface area contributed by atoms with E-state index in [4.69, 9.17) is 11.1 Å². The second-order valence-corrected chi connectivity index (χ2v) is 9.16. The molecule has 1 atom stereocenters. The third-order valence-electron chi connectivity index (χ3n) is 6.45. The van der Waals surface area contributed by atoms with Crippen LogP contribution in [0, 0.1) is 5.41 Å². The zero-order valence-corrected chi connectivity index (χ0v) is 21.3. The van der Waals surface area contributed by atoms with E-state index in [1.807, 2.05) is 66.7 Å². The summed E-state index contributed by atoms with van der Waals surface area (Å²) in [6, 6.07) is 27.3. The molecule has 0 aliphatic heterocycles. The van der Waals surface area contributed by atoms with Gasteiger partial charge in [-0.3, -0.25) is 15.0 Å². The Morgan fingerprint density at radius 1 is 0.763 bits per heavy atom. The third kappa shape index (κ3) is 7.30. The van der Waals surface area contributed by atoms with Crippen molar-refractivity contribution < 1.29 is 9.59 Å². The van der Waals surface area contributed by atoms with Gasteiger partial charge in [-0.25, -0.2) is 0 Å². The van der Waals surface area contributed by atoms with Gasteiger partial charge in [0, 0.05) is 31.7 Å². The first-order valence-electron chi connectivity index (χ1n) is 12.8. The number of fused-ring (bicyclic) bond motifs is 2. The molecule has 0 radical (unpaired) electrons. The van der Waals surface area contributed by atoms with Crippen LogP contribution in [0.3, 0.4) is 0 Å². The van der Waals surface area contributed by atoms with E-state index in [0.29, 0.717) is 44.6 Å². The van der Waals surface area contributed by atoms with Gasteiger partial charge in [0.2, 0.25) is 5.91 Å². The Hall–Kier alpha value is -4.43. The van der Waals surface area contributed by atoms with E-state index < -0.39 is 6.04 Å². The molecule has 0 aliphatic carbocycles.